The topological polar surface area (TPSA) is 63.4 Å². The molecule has 126 valence electrons. The van der Waals surface area contributed by atoms with Gasteiger partial charge < -0.3 is 5.73 Å². The maximum absolute atomic E-state index is 12.4. The Bertz CT molecular complexity index is 582. The number of nitrogens with zero attached hydrogens (tertiary/aromatic N) is 1. The fraction of sp³-hybridized carbons (Fsp3) is 0.538. The van der Waals surface area contributed by atoms with Gasteiger partial charge in [0.1, 0.15) is 0 Å². The number of alkyl halides is 3. The smallest absolute Gasteiger partial charge is 0.328 e. The molecule has 0 amide bonds. The quantitative estimate of drug-likeness (QED) is 0.902. The highest BCUT2D eigenvalue weighted by Gasteiger charge is 2.30. The fourth-order valence-corrected chi connectivity index (χ4v) is 3.75. The Hall–Kier alpha value is -0.830. The SMILES string of the molecule is Cl.NC1CCN(S(=O)(=O)c2ccc(CC(F)(F)F)cc2)CC1. The Morgan fingerprint density at radius 2 is 1.64 bits per heavy atom. The number of piperidine rings is 1. The highest BCUT2D eigenvalue weighted by atomic mass is 35.5. The molecule has 1 aromatic carbocycles. The van der Waals surface area contributed by atoms with Crippen molar-refractivity contribution >= 4 is 22.4 Å². The number of benzene rings is 1. The van der Waals surface area contributed by atoms with Gasteiger partial charge in [-0.3, -0.25) is 0 Å². The van der Waals surface area contributed by atoms with E-state index in [0.29, 0.717) is 25.9 Å². The third kappa shape index (κ3) is 4.84. The van der Waals surface area contributed by atoms with Crippen molar-refractivity contribution in [2.45, 2.75) is 36.4 Å². The van der Waals surface area contributed by atoms with Gasteiger partial charge in [0.25, 0.3) is 0 Å². The number of hydrogen-bond donors (Lipinski definition) is 1. The van der Waals surface area contributed by atoms with Crippen molar-refractivity contribution in [2.24, 2.45) is 5.73 Å². The number of halogens is 4. The summed E-state index contributed by atoms with van der Waals surface area (Å²) in [6.45, 7) is 0.682. The van der Waals surface area contributed by atoms with Gasteiger partial charge in [0.2, 0.25) is 10.0 Å². The maximum atomic E-state index is 12.4. The number of hydrogen-bond acceptors (Lipinski definition) is 3. The summed E-state index contributed by atoms with van der Waals surface area (Å²) < 4.78 is 62.8. The van der Waals surface area contributed by atoms with E-state index in [0.717, 1.165) is 0 Å². The predicted molar refractivity (Wildman–Crippen MR) is 79.4 cm³/mol. The van der Waals surface area contributed by atoms with Gasteiger partial charge >= 0.3 is 6.18 Å². The summed E-state index contributed by atoms with van der Waals surface area (Å²) in [6, 6.07) is 4.87. The molecule has 0 aliphatic carbocycles. The highest BCUT2D eigenvalue weighted by Crippen LogP contribution is 2.24. The first-order valence-electron chi connectivity index (χ1n) is 6.60. The van der Waals surface area contributed by atoms with E-state index in [1.165, 1.54) is 28.6 Å². The van der Waals surface area contributed by atoms with Gasteiger partial charge in [0, 0.05) is 19.1 Å². The Morgan fingerprint density at radius 1 is 1.14 bits per heavy atom. The van der Waals surface area contributed by atoms with E-state index in [-0.39, 0.29) is 28.9 Å². The number of rotatable bonds is 3. The van der Waals surface area contributed by atoms with Crippen molar-refractivity contribution in [3.8, 4) is 0 Å². The van der Waals surface area contributed by atoms with Crippen molar-refractivity contribution in [3.63, 3.8) is 0 Å². The van der Waals surface area contributed by atoms with Crippen molar-refractivity contribution < 1.29 is 21.6 Å². The Morgan fingerprint density at radius 3 is 2.09 bits per heavy atom. The standard InChI is InChI=1S/C13H17F3N2O2S.ClH/c14-13(15,16)9-10-1-3-12(4-2-10)21(19,20)18-7-5-11(17)6-8-18;/h1-4,11H,5-9,17H2;1H. The third-order valence-corrected chi connectivity index (χ3v) is 5.38. The molecule has 2 N–H and O–H groups in total. The molecule has 1 aromatic rings. The first kappa shape index (κ1) is 19.2. The number of nitrogens with two attached hydrogens (primary N) is 1. The summed E-state index contributed by atoms with van der Waals surface area (Å²) in [4.78, 5) is 0.0175. The summed E-state index contributed by atoms with van der Waals surface area (Å²) in [5.41, 5.74) is 5.77. The molecule has 0 bridgehead atoms. The van der Waals surface area contributed by atoms with Gasteiger partial charge in [0.05, 0.1) is 11.3 Å². The lowest BCUT2D eigenvalue weighted by Gasteiger charge is -2.29. The molecule has 1 aliphatic rings. The van der Waals surface area contributed by atoms with E-state index in [1.807, 2.05) is 0 Å². The van der Waals surface area contributed by atoms with Crippen LogP contribution in [0.3, 0.4) is 0 Å². The lowest BCUT2D eigenvalue weighted by atomic mass is 10.1. The normalized spacial score (nSPS) is 18.0. The van der Waals surface area contributed by atoms with Crippen LogP contribution in [0.2, 0.25) is 0 Å². The average Bonchev–Trinajstić information content (AvgIpc) is 2.38. The Balaban J connectivity index is 0.00000242. The fourth-order valence-electron chi connectivity index (χ4n) is 2.28. The second kappa shape index (κ2) is 7.16. The number of sulfonamides is 1. The first-order valence-corrected chi connectivity index (χ1v) is 8.04. The zero-order chi connectivity index (χ0) is 15.7. The molecule has 2 rings (SSSR count). The monoisotopic (exact) mass is 358 g/mol. The van der Waals surface area contributed by atoms with E-state index in [2.05, 4.69) is 0 Å². The minimum absolute atomic E-state index is 0. The minimum atomic E-state index is -4.30. The molecule has 0 spiro atoms. The maximum Gasteiger partial charge on any atom is 0.393 e. The Labute approximate surface area is 133 Å². The van der Waals surface area contributed by atoms with E-state index in [1.54, 1.807) is 0 Å². The van der Waals surface area contributed by atoms with Gasteiger partial charge in [-0.15, -0.1) is 12.4 Å². The molecule has 0 unspecified atom stereocenters. The lowest BCUT2D eigenvalue weighted by Crippen LogP contribution is -2.42. The minimum Gasteiger partial charge on any atom is -0.328 e. The third-order valence-electron chi connectivity index (χ3n) is 3.46. The van der Waals surface area contributed by atoms with Crippen LogP contribution in [0.1, 0.15) is 18.4 Å². The van der Waals surface area contributed by atoms with E-state index in [9.17, 15) is 21.6 Å². The Kier molecular flexibility index (Phi) is 6.26. The molecular weight excluding hydrogens is 341 g/mol. The molecular formula is C13H18ClF3N2O2S. The molecule has 9 heteroatoms. The van der Waals surface area contributed by atoms with Crippen LogP contribution >= 0.6 is 12.4 Å². The largest absolute Gasteiger partial charge is 0.393 e. The van der Waals surface area contributed by atoms with Gasteiger partial charge in [-0.1, -0.05) is 12.1 Å². The van der Waals surface area contributed by atoms with Crippen LogP contribution in [0.4, 0.5) is 13.2 Å². The van der Waals surface area contributed by atoms with Crippen molar-refractivity contribution in [1.82, 2.24) is 4.31 Å². The van der Waals surface area contributed by atoms with Crippen LogP contribution in [0.5, 0.6) is 0 Å². The summed E-state index contributed by atoms with van der Waals surface area (Å²) in [5, 5.41) is 0. The van der Waals surface area contributed by atoms with Crippen LogP contribution in [-0.4, -0.2) is 38.0 Å². The molecule has 22 heavy (non-hydrogen) atoms. The zero-order valence-corrected chi connectivity index (χ0v) is 13.3. The first-order chi connectivity index (χ1) is 9.68. The second-order valence-corrected chi connectivity index (χ2v) is 7.12. The molecule has 0 atom stereocenters. The molecule has 1 aliphatic heterocycles. The van der Waals surface area contributed by atoms with Crippen LogP contribution in [0, 0.1) is 0 Å². The van der Waals surface area contributed by atoms with Crippen LogP contribution in [0.15, 0.2) is 29.2 Å². The van der Waals surface area contributed by atoms with Crippen LogP contribution in [-0.2, 0) is 16.4 Å². The van der Waals surface area contributed by atoms with Crippen molar-refractivity contribution in [1.29, 1.82) is 0 Å². The molecule has 1 saturated heterocycles. The molecule has 0 aromatic heterocycles. The summed E-state index contributed by atoms with van der Waals surface area (Å²) >= 11 is 0. The summed E-state index contributed by atoms with van der Waals surface area (Å²) in [6.07, 6.45) is -4.19. The van der Waals surface area contributed by atoms with E-state index < -0.39 is 22.6 Å². The van der Waals surface area contributed by atoms with Crippen molar-refractivity contribution in [2.75, 3.05) is 13.1 Å². The molecule has 0 saturated carbocycles. The molecule has 0 radical (unpaired) electrons. The van der Waals surface area contributed by atoms with Crippen LogP contribution in [0.25, 0.3) is 0 Å². The molecule has 1 fully saturated rings. The van der Waals surface area contributed by atoms with Gasteiger partial charge in [-0.25, -0.2) is 8.42 Å². The summed E-state index contributed by atoms with van der Waals surface area (Å²) in [7, 11) is -3.65. The highest BCUT2D eigenvalue weighted by molar-refractivity contribution is 7.89. The predicted octanol–water partition coefficient (Wildman–Crippen LogP) is 2.33. The average molecular weight is 359 g/mol. The molecule has 4 nitrogen and oxygen atoms in total. The summed E-state index contributed by atoms with van der Waals surface area (Å²) in [5.74, 6) is 0. The van der Waals surface area contributed by atoms with E-state index in [4.69, 9.17) is 5.73 Å². The van der Waals surface area contributed by atoms with E-state index >= 15 is 0 Å². The van der Waals surface area contributed by atoms with Crippen molar-refractivity contribution in [3.05, 3.63) is 29.8 Å². The van der Waals surface area contributed by atoms with Gasteiger partial charge in [-0.05, 0) is 30.5 Å². The lowest BCUT2D eigenvalue weighted by molar-refractivity contribution is -0.127. The van der Waals surface area contributed by atoms with Gasteiger partial charge in [-0.2, -0.15) is 17.5 Å². The van der Waals surface area contributed by atoms with Gasteiger partial charge in [0.15, 0.2) is 0 Å². The zero-order valence-electron chi connectivity index (χ0n) is 11.7. The molecule has 1 heterocycles. The van der Waals surface area contributed by atoms with Crippen LogP contribution < -0.4 is 5.73 Å². The second-order valence-electron chi connectivity index (χ2n) is 5.18.